The maximum atomic E-state index is 11.5. The quantitative estimate of drug-likeness (QED) is 0.722. The van der Waals surface area contributed by atoms with Crippen LogP contribution >= 0.6 is 0 Å². The number of nitrogens with two attached hydrogens (primary N) is 1. The molecule has 1 aliphatic rings. The third-order valence-electron chi connectivity index (χ3n) is 2.86. The van der Waals surface area contributed by atoms with Gasteiger partial charge in [-0.2, -0.15) is 0 Å². The van der Waals surface area contributed by atoms with Gasteiger partial charge in [-0.25, -0.2) is 4.79 Å². The lowest BCUT2D eigenvalue weighted by atomic mass is 9.81. The zero-order chi connectivity index (χ0) is 11.4. The minimum absolute atomic E-state index is 0.147. The van der Waals surface area contributed by atoms with Gasteiger partial charge in [-0.15, -0.1) is 0 Å². The number of hydrogen-bond donors (Lipinski definition) is 3. The van der Waals surface area contributed by atoms with E-state index in [4.69, 9.17) is 5.73 Å². The number of carbonyl (C=O) groups excluding carboxylic acids is 1. The Labute approximate surface area is 95.2 Å². The number of benzene rings is 1. The summed E-state index contributed by atoms with van der Waals surface area (Å²) in [4.78, 5) is 11.5. The fourth-order valence-corrected chi connectivity index (χ4v) is 1.89. The molecule has 1 aromatic carbocycles. The minimum atomic E-state index is -0.147. The average molecular weight is 219 g/mol. The van der Waals surface area contributed by atoms with E-state index >= 15 is 0 Å². The van der Waals surface area contributed by atoms with Crippen LogP contribution in [0.15, 0.2) is 30.3 Å². The van der Waals surface area contributed by atoms with Gasteiger partial charge in [0.2, 0.25) is 0 Å². The van der Waals surface area contributed by atoms with E-state index in [1.165, 1.54) is 0 Å². The summed E-state index contributed by atoms with van der Waals surface area (Å²) in [5, 5.41) is 5.62. The molecule has 0 aromatic heterocycles. The molecular weight excluding hydrogens is 202 g/mol. The van der Waals surface area contributed by atoms with E-state index in [9.17, 15) is 4.79 Å². The highest BCUT2D eigenvalue weighted by atomic mass is 16.2. The molecule has 2 amide bonds. The van der Waals surface area contributed by atoms with Gasteiger partial charge in [-0.05, 0) is 30.9 Å². The molecular formula is C12H17N3O. The van der Waals surface area contributed by atoms with Gasteiger partial charge >= 0.3 is 6.03 Å². The Balaban J connectivity index is 1.69. The molecule has 1 saturated carbocycles. The molecule has 0 heterocycles. The molecule has 1 aromatic rings. The van der Waals surface area contributed by atoms with Gasteiger partial charge in [0.15, 0.2) is 0 Å². The standard InChI is InChI=1S/C12H17N3O/c13-10-6-9(7-10)8-14-12(16)15-11-4-2-1-3-5-11/h1-5,9-10H,6-8,13H2,(H2,14,15,16). The maximum Gasteiger partial charge on any atom is 0.319 e. The first-order chi connectivity index (χ1) is 7.74. The number of urea groups is 1. The van der Waals surface area contributed by atoms with Crippen LogP contribution in [0.1, 0.15) is 12.8 Å². The molecule has 0 bridgehead atoms. The van der Waals surface area contributed by atoms with E-state index in [1.807, 2.05) is 30.3 Å². The fourth-order valence-electron chi connectivity index (χ4n) is 1.89. The van der Waals surface area contributed by atoms with Crippen molar-refractivity contribution in [1.29, 1.82) is 0 Å². The summed E-state index contributed by atoms with van der Waals surface area (Å²) >= 11 is 0. The highest BCUT2D eigenvalue weighted by Crippen LogP contribution is 2.24. The van der Waals surface area contributed by atoms with E-state index < -0.39 is 0 Å². The summed E-state index contributed by atoms with van der Waals surface area (Å²) in [5.41, 5.74) is 6.48. The lowest BCUT2D eigenvalue weighted by Crippen LogP contribution is -2.43. The van der Waals surface area contributed by atoms with Crippen LogP contribution < -0.4 is 16.4 Å². The lowest BCUT2D eigenvalue weighted by molar-refractivity contribution is 0.234. The van der Waals surface area contributed by atoms with Crippen molar-refractivity contribution in [3.8, 4) is 0 Å². The van der Waals surface area contributed by atoms with Crippen LogP contribution in [-0.2, 0) is 0 Å². The molecule has 0 saturated heterocycles. The van der Waals surface area contributed by atoms with Crippen molar-refractivity contribution < 1.29 is 4.79 Å². The Bertz CT molecular complexity index is 347. The van der Waals surface area contributed by atoms with Gasteiger partial charge in [0.05, 0.1) is 0 Å². The van der Waals surface area contributed by atoms with Gasteiger partial charge in [-0.1, -0.05) is 18.2 Å². The van der Waals surface area contributed by atoms with Crippen LogP contribution in [0.25, 0.3) is 0 Å². The Morgan fingerprint density at radius 2 is 2.00 bits per heavy atom. The van der Waals surface area contributed by atoms with Crippen molar-refractivity contribution in [3.63, 3.8) is 0 Å². The topological polar surface area (TPSA) is 67.1 Å². The van der Waals surface area contributed by atoms with E-state index in [0.717, 1.165) is 18.5 Å². The van der Waals surface area contributed by atoms with Gasteiger partial charge in [0.25, 0.3) is 0 Å². The van der Waals surface area contributed by atoms with Crippen molar-refractivity contribution in [2.24, 2.45) is 11.7 Å². The third kappa shape index (κ3) is 2.97. The highest BCUT2D eigenvalue weighted by molar-refractivity contribution is 5.89. The minimum Gasteiger partial charge on any atom is -0.338 e. The van der Waals surface area contributed by atoms with Gasteiger partial charge < -0.3 is 16.4 Å². The van der Waals surface area contributed by atoms with Gasteiger partial charge in [0, 0.05) is 18.3 Å². The second-order valence-electron chi connectivity index (χ2n) is 4.30. The van der Waals surface area contributed by atoms with E-state index in [1.54, 1.807) is 0 Å². The second-order valence-corrected chi connectivity index (χ2v) is 4.30. The van der Waals surface area contributed by atoms with Crippen LogP contribution in [0.3, 0.4) is 0 Å². The molecule has 4 nitrogen and oxygen atoms in total. The first kappa shape index (κ1) is 11.0. The number of hydrogen-bond acceptors (Lipinski definition) is 2. The number of carbonyl (C=O) groups is 1. The molecule has 0 unspecified atom stereocenters. The number of nitrogens with one attached hydrogen (secondary N) is 2. The number of rotatable bonds is 3. The molecule has 0 spiro atoms. The monoisotopic (exact) mass is 219 g/mol. The van der Waals surface area contributed by atoms with E-state index in [2.05, 4.69) is 10.6 Å². The molecule has 0 radical (unpaired) electrons. The molecule has 2 rings (SSSR count). The molecule has 86 valence electrons. The Morgan fingerprint density at radius 1 is 1.31 bits per heavy atom. The summed E-state index contributed by atoms with van der Waals surface area (Å²) in [6.45, 7) is 0.715. The first-order valence-corrected chi connectivity index (χ1v) is 5.59. The summed E-state index contributed by atoms with van der Waals surface area (Å²) in [5.74, 6) is 0.552. The summed E-state index contributed by atoms with van der Waals surface area (Å²) in [6, 6.07) is 9.60. The van der Waals surface area contributed by atoms with Crippen molar-refractivity contribution in [3.05, 3.63) is 30.3 Å². The van der Waals surface area contributed by atoms with Crippen LogP contribution in [0, 0.1) is 5.92 Å². The molecule has 1 aliphatic carbocycles. The normalized spacial score (nSPS) is 23.3. The van der Waals surface area contributed by atoms with Gasteiger partial charge in [-0.3, -0.25) is 0 Å². The van der Waals surface area contributed by atoms with Crippen LogP contribution in [0.4, 0.5) is 10.5 Å². The first-order valence-electron chi connectivity index (χ1n) is 5.59. The summed E-state index contributed by atoms with van der Waals surface area (Å²) < 4.78 is 0. The predicted molar refractivity (Wildman–Crippen MR) is 64.2 cm³/mol. The predicted octanol–water partition coefficient (Wildman–Crippen LogP) is 1.55. The van der Waals surface area contributed by atoms with Crippen molar-refractivity contribution in [1.82, 2.24) is 5.32 Å². The van der Waals surface area contributed by atoms with E-state index in [0.29, 0.717) is 18.5 Å². The highest BCUT2D eigenvalue weighted by Gasteiger charge is 2.25. The maximum absolute atomic E-state index is 11.5. The lowest BCUT2D eigenvalue weighted by Gasteiger charge is -2.32. The van der Waals surface area contributed by atoms with Crippen LogP contribution in [0.2, 0.25) is 0 Å². The zero-order valence-electron chi connectivity index (χ0n) is 9.15. The number of amides is 2. The van der Waals surface area contributed by atoms with Crippen molar-refractivity contribution in [2.45, 2.75) is 18.9 Å². The third-order valence-corrected chi connectivity index (χ3v) is 2.86. The van der Waals surface area contributed by atoms with Gasteiger partial charge in [0.1, 0.15) is 0 Å². The Hall–Kier alpha value is -1.55. The molecule has 0 aliphatic heterocycles. The SMILES string of the molecule is NC1CC(CNC(=O)Nc2ccccc2)C1. The zero-order valence-corrected chi connectivity index (χ0v) is 9.15. The van der Waals surface area contributed by atoms with E-state index in [-0.39, 0.29) is 6.03 Å². The Morgan fingerprint density at radius 3 is 2.62 bits per heavy atom. The largest absolute Gasteiger partial charge is 0.338 e. The second kappa shape index (κ2) is 4.99. The fraction of sp³-hybridized carbons (Fsp3) is 0.417. The Kier molecular flexibility index (Phi) is 3.41. The summed E-state index contributed by atoms with van der Waals surface area (Å²) in [6.07, 6.45) is 2.04. The molecule has 4 N–H and O–H groups in total. The smallest absolute Gasteiger partial charge is 0.319 e. The molecule has 1 fully saturated rings. The molecule has 16 heavy (non-hydrogen) atoms. The number of anilines is 1. The summed E-state index contributed by atoms with van der Waals surface area (Å²) in [7, 11) is 0. The van der Waals surface area contributed by atoms with Crippen LogP contribution in [0.5, 0.6) is 0 Å². The molecule has 4 heteroatoms. The number of para-hydroxylation sites is 1. The van der Waals surface area contributed by atoms with Crippen molar-refractivity contribution >= 4 is 11.7 Å². The average Bonchev–Trinajstić information content (AvgIpc) is 2.24. The van der Waals surface area contributed by atoms with Crippen LogP contribution in [-0.4, -0.2) is 18.6 Å². The van der Waals surface area contributed by atoms with Crippen molar-refractivity contribution in [2.75, 3.05) is 11.9 Å². The molecule has 0 atom stereocenters.